The lowest BCUT2D eigenvalue weighted by Crippen LogP contribution is -2.64. The van der Waals surface area contributed by atoms with E-state index in [1.807, 2.05) is 12.1 Å². The Labute approximate surface area is 192 Å². The zero-order chi connectivity index (χ0) is 22.9. The van der Waals surface area contributed by atoms with Crippen LogP contribution in [0.4, 0.5) is 0 Å². The van der Waals surface area contributed by atoms with Crippen LogP contribution in [-0.2, 0) is 34.7 Å². The monoisotopic (exact) mass is 463 g/mol. The zero-order valence-corrected chi connectivity index (χ0v) is 18.8. The van der Waals surface area contributed by atoms with E-state index in [0.29, 0.717) is 23.6 Å². The van der Waals surface area contributed by atoms with Crippen molar-refractivity contribution < 1.29 is 29.9 Å². The van der Waals surface area contributed by atoms with Gasteiger partial charge in [-0.1, -0.05) is 42.8 Å². The first kappa shape index (κ1) is 23.6. The number of hydrogen-bond donors (Lipinski definition) is 5. The average Bonchev–Trinajstić information content (AvgIpc) is 3.14. The van der Waals surface area contributed by atoms with Gasteiger partial charge in [0.15, 0.2) is 0 Å². The Hall–Kier alpha value is -1.55. The molecule has 1 saturated heterocycles. The van der Waals surface area contributed by atoms with Gasteiger partial charge in [0.1, 0.15) is 24.4 Å². The van der Waals surface area contributed by atoms with Crippen LogP contribution in [0.2, 0.25) is 5.02 Å². The van der Waals surface area contributed by atoms with Gasteiger partial charge < -0.3 is 35.2 Å². The Morgan fingerprint density at radius 3 is 2.50 bits per heavy atom. The molecule has 1 fully saturated rings. The van der Waals surface area contributed by atoms with Gasteiger partial charge in [-0.25, -0.2) is 0 Å². The highest BCUT2D eigenvalue weighted by atomic mass is 35.5. The number of hydrogen-bond acceptors (Lipinski definition) is 7. The van der Waals surface area contributed by atoms with Gasteiger partial charge in [0.25, 0.3) is 0 Å². The van der Waals surface area contributed by atoms with E-state index in [2.05, 4.69) is 36.5 Å². The molecule has 2 aliphatic heterocycles. The number of ether oxygens (including phenoxy) is 2. The van der Waals surface area contributed by atoms with Crippen molar-refractivity contribution in [1.82, 2.24) is 5.32 Å². The summed E-state index contributed by atoms with van der Waals surface area (Å²) in [6, 6.07) is 12.0. The summed E-state index contributed by atoms with van der Waals surface area (Å²) in [7, 11) is 0. The summed E-state index contributed by atoms with van der Waals surface area (Å²) in [5, 5.41) is 44.4. The molecule has 5 N–H and O–H groups in total. The molecule has 0 aromatic heterocycles. The van der Waals surface area contributed by atoms with Crippen LogP contribution < -0.4 is 5.32 Å². The molecule has 0 bridgehead atoms. The van der Waals surface area contributed by atoms with Crippen LogP contribution in [-0.4, -0.2) is 64.5 Å². The SMILES string of the molecule is CCc1ccc(Cc2cc3c(cc2Cl)CO[C@]32O[C@H](CNCCO)[C@@H](O)[C@H](O)[C@H]2O)cc1. The predicted octanol–water partition coefficient (Wildman–Crippen LogP) is 1.24. The highest BCUT2D eigenvalue weighted by Crippen LogP contribution is 2.47. The van der Waals surface area contributed by atoms with Crippen LogP contribution in [0.25, 0.3) is 0 Å². The number of fused-ring (bicyclic) bond motifs is 2. The second-order valence-corrected chi connectivity index (χ2v) is 8.82. The molecule has 5 atom stereocenters. The fourth-order valence-electron chi connectivity index (χ4n) is 4.44. The van der Waals surface area contributed by atoms with Crippen molar-refractivity contribution >= 4 is 11.6 Å². The first-order valence-corrected chi connectivity index (χ1v) is 11.3. The van der Waals surface area contributed by atoms with Gasteiger partial charge in [-0.2, -0.15) is 0 Å². The Bertz CT molecular complexity index is 939. The summed E-state index contributed by atoms with van der Waals surface area (Å²) in [5.74, 6) is -1.61. The third kappa shape index (κ3) is 4.32. The number of aliphatic hydroxyl groups is 4. The fraction of sp³-hybridized carbons (Fsp3) is 0.500. The summed E-state index contributed by atoms with van der Waals surface area (Å²) < 4.78 is 12.0. The van der Waals surface area contributed by atoms with Crippen LogP contribution in [0.1, 0.15) is 34.7 Å². The third-order valence-electron chi connectivity index (χ3n) is 6.32. The molecular weight excluding hydrogens is 434 g/mol. The van der Waals surface area contributed by atoms with Crippen LogP contribution >= 0.6 is 11.6 Å². The maximum atomic E-state index is 10.9. The molecule has 2 heterocycles. The van der Waals surface area contributed by atoms with Gasteiger partial charge in [-0.15, -0.1) is 0 Å². The van der Waals surface area contributed by atoms with Crippen molar-refractivity contribution in [1.29, 1.82) is 0 Å². The van der Waals surface area contributed by atoms with Gasteiger partial charge in [0, 0.05) is 23.7 Å². The minimum absolute atomic E-state index is 0.0699. The summed E-state index contributed by atoms with van der Waals surface area (Å²) in [6.45, 7) is 2.69. The Morgan fingerprint density at radius 2 is 1.81 bits per heavy atom. The molecule has 0 unspecified atom stereocenters. The Morgan fingerprint density at radius 1 is 1.09 bits per heavy atom. The largest absolute Gasteiger partial charge is 0.395 e. The van der Waals surface area contributed by atoms with Crippen LogP contribution in [0.15, 0.2) is 36.4 Å². The van der Waals surface area contributed by atoms with Crippen molar-refractivity contribution in [3.05, 3.63) is 69.2 Å². The van der Waals surface area contributed by atoms with Gasteiger partial charge in [-0.3, -0.25) is 0 Å². The molecule has 1 spiro atoms. The molecule has 4 rings (SSSR count). The Balaban J connectivity index is 1.65. The van der Waals surface area contributed by atoms with Crippen molar-refractivity contribution in [2.75, 3.05) is 19.7 Å². The van der Waals surface area contributed by atoms with E-state index in [1.165, 1.54) is 5.56 Å². The molecule has 0 amide bonds. The molecule has 0 aliphatic carbocycles. The smallest absolute Gasteiger partial charge is 0.225 e. The highest BCUT2D eigenvalue weighted by Gasteiger charge is 2.58. The molecule has 0 saturated carbocycles. The second-order valence-electron chi connectivity index (χ2n) is 8.41. The number of aryl methyl sites for hydroxylation is 1. The molecule has 8 heteroatoms. The van der Waals surface area contributed by atoms with Crippen molar-refractivity contribution in [3.63, 3.8) is 0 Å². The molecular formula is C24H30ClNO6. The van der Waals surface area contributed by atoms with Gasteiger partial charge in [-0.05, 0) is 47.2 Å². The number of rotatable bonds is 7. The molecule has 32 heavy (non-hydrogen) atoms. The Kier molecular flexibility index (Phi) is 7.19. The molecule has 174 valence electrons. The normalized spacial score (nSPS) is 29.4. The average molecular weight is 464 g/mol. The van der Waals surface area contributed by atoms with E-state index in [0.717, 1.165) is 23.1 Å². The van der Waals surface area contributed by atoms with Crippen LogP contribution in [0.5, 0.6) is 0 Å². The van der Waals surface area contributed by atoms with E-state index in [4.69, 9.17) is 26.2 Å². The van der Waals surface area contributed by atoms with E-state index >= 15 is 0 Å². The van der Waals surface area contributed by atoms with Gasteiger partial charge in [0.05, 0.1) is 13.2 Å². The molecule has 0 radical (unpaired) electrons. The molecule has 2 aromatic rings. The van der Waals surface area contributed by atoms with Crippen molar-refractivity contribution in [2.45, 2.75) is 56.6 Å². The minimum Gasteiger partial charge on any atom is -0.395 e. The third-order valence-corrected chi connectivity index (χ3v) is 6.67. The summed E-state index contributed by atoms with van der Waals surface area (Å²) in [6.07, 6.45) is -3.53. The molecule has 2 aromatic carbocycles. The molecule has 7 nitrogen and oxygen atoms in total. The van der Waals surface area contributed by atoms with Crippen molar-refractivity contribution in [2.24, 2.45) is 0 Å². The highest BCUT2D eigenvalue weighted by molar-refractivity contribution is 6.31. The van der Waals surface area contributed by atoms with E-state index in [1.54, 1.807) is 0 Å². The van der Waals surface area contributed by atoms with E-state index in [9.17, 15) is 15.3 Å². The van der Waals surface area contributed by atoms with Gasteiger partial charge in [0.2, 0.25) is 5.79 Å². The first-order valence-electron chi connectivity index (χ1n) is 11.0. The number of nitrogens with one attached hydrogen (secondary N) is 1. The lowest BCUT2D eigenvalue weighted by molar-refractivity contribution is -0.364. The molecule has 2 aliphatic rings. The maximum Gasteiger partial charge on any atom is 0.225 e. The van der Waals surface area contributed by atoms with E-state index < -0.39 is 30.2 Å². The summed E-state index contributed by atoms with van der Waals surface area (Å²) in [5.41, 5.74) is 4.58. The van der Waals surface area contributed by atoms with Crippen LogP contribution in [0, 0.1) is 0 Å². The lowest BCUT2D eigenvalue weighted by Gasteiger charge is -2.46. The summed E-state index contributed by atoms with van der Waals surface area (Å²) in [4.78, 5) is 0. The fourth-order valence-corrected chi connectivity index (χ4v) is 4.69. The van der Waals surface area contributed by atoms with Gasteiger partial charge >= 0.3 is 0 Å². The van der Waals surface area contributed by atoms with Crippen molar-refractivity contribution in [3.8, 4) is 0 Å². The second kappa shape index (κ2) is 9.75. The van der Waals surface area contributed by atoms with Crippen LogP contribution in [0.3, 0.4) is 0 Å². The standard InChI is InChI=1S/C24H30ClNO6/c1-2-14-3-5-15(6-4-14)9-16-10-18-17(11-19(16)25)13-31-24(18)23(30)22(29)21(28)20(32-24)12-26-7-8-27/h3-6,10-11,20-23,26-30H,2,7-9,12-13H2,1H3/t20-,21-,22+,23-,24+/m1/s1. The summed E-state index contributed by atoms with van der Waals surface area (Å²) >= 11 is 6.56. The first-order chi connectivity index (χ1) is 15.4. The quantitative estimate of drug-likeness (QED) is 0.393. The van der Waals surface area contributed by atoms with E-state index in [-0.39, 0.29) is 19.8 Å². The topological polar surface area (TPSA) is 111 Å². The predicted molar refractivity (Wildman–Crippen MR) is 119 cm³/mol. The number of aliphatic hydroxyl groups excluding tert-OH is 4. The number of halogens is 1. The zero-order valence-electron chi connectivity index (χ0n) is 18.0. The lowest BCUT2D eigenvalue weighted by atomic mass is 9.86. The number of benzene rings is 2. The maximum absolute atomic E-state index is 10.9. The minimum atomic E-state index is -1.61.